The third-order valence-corrected chi connectivity index (χ3v) is 4.51. The Balaban J connectivity index is 1.85. The summed E-state index contributed by atoms with van der Waals surface area (Å²) in [4.78, 5) is 36.8. The van der Waals surface area contributed by atoms with E-state index in [0.29, 0.717) is 44.8 Å². The van der Waals surface area contributed by atoms with Gasteiger partial charge in [0.25, 0.3) is 11.6 Å². The molecule has 1 N–H and O–H groups in total. The lowest BCUT2D eigenvalue weighted by Gasteiger charge is -2.32. The van der Waals surface area contributed by atoms with Gasteiger partial charge in [0, 0.05) is 32.8 Å². The molecule has 1 aliphatic heterocycles. The van der Waals surface area contributed by atoms with Gasteiger partial charge in [-0.15, -0.1) is 0 Å². The van der Waals surface area contributed by atoms with Gasteiger partial charge in [-0.05, 0) is 25.8 Å². The number of amides is 1. The number of nitrogens with one attached hydrogen (secondary N) is 1. The average Bonchev–Trinajstić information content (AvgIpc) is 2.68. The van der Waals surface area contributed by atoms with Gasteiger partial charge in [0.15, 0.2) is 6.10 Å². The van der Waals surface area contributed by atoms with Crippen molar-refractivity contribution in [2.75, 3.05) is 38.3 Å². The zero-order valence-electron chi connectivity index (χ0n) is 15.6. The number of carbonyl (C=O) groups excluding carboxylic acids is 2. The van der Waals surface area contributed by atoms with E-state index in [1.165, 1.54) is 20.1 Å². The summed E-state index contributed by atoms with van der Waals surface area (Å²) in [6, 6.07) is 6.57. The Labute approximate surface area is 157 Å². The number of rotatable bonds is 8. The molecule has 148 valence electrons. The van der Waals surface area contributed by atoms with Gasteiger partial charge >= 0.3 is 5.97 Å². The molecule has 0 aromatic heterocycles. The van der Waals surface area contributed by atoms with Crippen molar-refractivity contribution >= 4 is 23.3 Å². The van der Waals surface area contributed by atoms with Gasteiger partial charge in [-0.3, -0.25) is 19.7 Å². The maximum atomic E-state index is 12.3. The lowest BCUT2D eigenvalue weighted by Crippen LogP contribution is -2.41. The van der Waals surface area contributed by atoms with Crippen LogP contribution >= 0.6 is 0 Å². The van der Waals surface area contributed by atoms with E-state index in [2.05, 4.69) is 5.32 Å². The molecule has 1 heterocycles. The fraction of sp³-hybridized carbons (Fsp3) is 0.556. The zero-order chi connectivity index (χ0) is 19.8. The number of hydrogen-bond donors (Lipinski definition) is 1. The minimum absolute atomic E-state index is 0.0554. The zero-order valence-corrected chi connectivity index (χ0v) is 15.6. The Bertz CT molecular complexity index is 673. The van der Waals surface area contributed by atoms with Gasteiger partial charge in [-0.25, -0.2) is 0 Å². The summed E-state index contributed by atoms with van der Waals surface area (Å²) in [5.74, 6) is -1.09. The maximum Gasteiger partial charge on any atom is 0.309 e. The highest BCUT2D eigenvalue weighted by Gasteiger charge is 2.30. The number of nitrogens with zero attached hydrogens (tertiary/aromatic N) is 2. The Morgan fingerprint density at radius 3 is 2.63 bits per heavy atom. The quantitative estimate of drug-likeness (QED) is 0.315. The molecule has 1 saturated heterocycles. The summed E-state index contributed by atoms with van der Waals surface area (Å²) in [6.07, 6.45) is 0.161. The number of benzene rings is 1. The maximum absolute atomic E-state index is 12.3. The number of nitro groups is 1. The normalized spacial score (nSPS) is 15.9. The highest BCUT2D eigenvalue weighted by atomic mass is 16.6. The average molecular weight is 379 g/mol. The van der Waals surface area contributed by atoms with E-state index in [9.17, 15) is 19.7 Å². The van der Waals surface area contributed by atoms with E-state index in [-0.39, 0.29) is 17.5 Å². The van der Waals surface area contributed by atoms with Gasteiger partial charge in [-0.1, -0.05) is 12.1 Å². The van der Waals surface area contributed by atoms with E-state index in [1.807, 2.05) is 4.90 Å². The first kappa shape index (κ1) is 20.6. The van der Waals surface area contributed by atoms with Crippen LogP contribution in [0.15, 0.2) is 24.3 Å². The minimum Gasteiger partial charge on any atom is -0.452 e. The third-order valence-electron chi connectivity index (χ3n) is 4.51. The summed E-state index contributed by atoms with van der Waals surface area (Å²) < 4.78 is 10.1. The molecule has 1 atom stereocenters. The van der Waals surface area contributed by atoms with Crippen molar-refractivity contribution in [3.8, 4) is 0 Å². The van der Waals surface area contributed by atoms with Gasteiger partial charge in [-0.2, -0.15) is 0 Å². The molecule has 0 aliphatic carbocycles. The van der Waals surface area contributed by atoms with Gasteiger partial charge in [0.1, 0.15) is 5.69 Å². The van der Waals surface area contributed by atoms with Crippen molar-refractivity contribution in [1.29, 1.82) is 0 Å². The topological polar surface area (TPSA) is 111 Å². The van der Waals surface area contributed by atoms with Gasteiger partial charge in [0.2, 0.25) is 0 Å². The minimum atomic E-state index is -0.873. The summed E-state index contributed by atoms with van der Waals surface area (Å²) >= 11 is 0. The predicted octanol–water partition coefficient (Wildman–Crippen LogP) is 1.51. The number of carbonyl (C=O) groups is 2. The Morgan fingerprint density at radius 1 is 1.33 bits per heavy atom. The van der Waals surface area contributed by atoms with Crippen molar-refractivity contribution in [3.05, 3.63) is 34.4 Å². The number of piperidine rings is 1. The summed E-state index contributed by atoms with van der Waals surface area (Å²) in [7, 11) is 1.53. The first-order valence-corrected chi connectivity index (χ1v) is 8.89. The smallest absolute Gasteiger partial charge is 0.309 e. The number of para-hydroxylation sites is 2. The van der Waals surface area contributed by atoms with Crippen LogP contribution in [0.5, 0.6) is 0 Å². The van der Waals surface area contributed by atoms with E-state index >= 15 is 0 Å². The van der Waals surface area contributed by atoms with Crippen LogP contribution in [-0.4, -0.2) is 56.3 Å². The van der Waals surface area contributed by atoms with Crippen molar-refractivity contribution in [2.45, 2.75) is 25.9 Å². The fourth-order valence-corrected chi connectivity index (χ4v) is 2.99. The second kappa shape index (κ2) is 9.86. The lowest BCUT2D eigenvalue weighted by atomic mass is 9.96. The van der Waals surface area contributed by atoms with Crippen LogP contribution in [0.2, 0.25) is 0 Å². The number of hydrogen-bond acceptors (Lipinski definition) is 7. The SMILES string of the molecule is COCCNC(=O)[C@H](C)OC(=O)C1CCN(c2ccccc2[N+](=O)[O-])CC1. The molecular weight excluding hydrogens is 354 g/mol. The molecule has 2 rings (SSSR count). The van der Waals surface area contributed by atoms with Crippen LogP contribution in [0, 0.1) is 16.0 Å². The van der Waals surface area contributed by atoms with Crippen LogP contribution in [0.1, 0.15) is 19.8 Å². The van der Waals surface area contributed by atoms with Crippen LogP contribution in [0.4, 0.5) is 11.4 Å². The molecule has 0 spiro atoms. The van der Waals surface area contributed by atoms with Crippen molar-refractivity contribution < 1.29 is 24.0 Å². The van der Waals surface area contributed by atoms with E-state index in [1.54, 1.807) is 18.2 Å². The van der Waals surface area contributed by atoms with Crippen LogP contribution in [0.3, 0.4) is 0 Å². The molecule has 0 unspecified atom stereocenters. The molecule has 0 radical (unpaired) electrons. The summed E-state index contributed by atoms with van der Waals surface area (Å²) in [5.41, 5.74) is 0.611. The van der Waals surface area contributed by atoms with Crippen molar-refractivity contribution in [2.24, 2.45) is 5.92 Å². The number of ether oxygens (including phenoxy) is 2. The van der Waals surface area contributed by atoms with Crippen LogP contribution < -0.4 is 10.2 Å². The first-order valence-electron chi connectivity index (χ1n) is 8.89. The molecule has 1 aliphatic rings. The van der Waals surface area contributed by atoms with Gasteiger partial charge in [0.05, 0.1) is 17.4 Å². The Hall–Kier alpha value is -2.68. The number of methoxy groups -OCH3 is 1. The monoisotopic (exact) mass is 379 g/mol. The first-order chi connectivity index (χ1) is 12.9. The van der Waals surface area contributed by atoms with E-state index in [0.717, 1.165) is 0 Å². The largest absolute Gasteiger partial charge is 0.452 e. The molecule has 9 nitrogen and oxygen atoms in total. The lowest BCUT2D eigenvalue weighted by molar-refractivity contribution is -0.384. The van der Waals surface area contributed by atoms with Crippen molar-refractivity contribution in [3.63, 3.8) is 0 Å². The fourth-order valence-electron chi connectivity index (χ4n) is 2.99. The van der Waals surface area contributed by atoms with Crippen LogP contribution in [-0.2, 0) is 19.1 Å². The Morgan fingerprint density at radius 2 is 2.00 bits per heavy atom. The molecule has 9 heteroatoms. The number of nitro benzene ring substituents is 1. The molecule has 0 bridgehead atoms. The van der Waals surface area contributed by atoms with Crippen molar-refractivity contribution in [1.82, 2.24) is 5.32 Å². The second-order valence-corrected chi connectivity index (χ2v) is 6.37. The van der Waals surface area contributed by atoms with E-state index in [4.69, 9.17) is 9.47 Å². The summed E-state index contributed by atoms with van der Waals surface area (Å²) in [6.45, 7) is 3.29. The van der Waals surface area contributed by atoms with Crippen LogP contribution in [0.25, 0.3) is 0 Å². The third kappa shape index (κ3) is 5.65. The predicted molar refractivity (Wildman–Crippen MR) is 98.5 cm³/mol. The molecule has 1 aromatic rings. The highest BCUT2D eigenvalue weighted by Crippen LogP contribution is 2.31. The molecule has 1 amide bonds. The Kier molecular flexibility index (Phi) is 7.54. The molecule has 0 saturated carbocycles. The molecule has 1 fully saturated rings. The second-order valence-electron chi connectivity index (χ2n) is 6.37. The molecule has 27 heavy (non-hydrogen) atoms. The number of esters is 1. The standard InChI is InChI=1S/C18H25N3O6/c1-13(17(22)19-9-12-26-2)27-18(23)14-7-10-20(11-8-14)15-5-3-4-6-16(15)21(24)25/h3-6,13-14H,7-12H2,1-2H3,(H,19,22)/t13-/m0/s1. The van der Waals surface area contributed by atoms with E-state index < -0.39 is 17.0 Å². The highest BCUT2D eigenvalue weighted by molar-refractivity contribution is 5.84. The molecule has 1 aromatic carbocycles. The van der Waals surface area contributed by atoms with Gasteiger partial charge < -0.3 is 19.7 Å². The molecular formula is C18H25N3O6. The summed E-state index contributed by atoms with van der Waals surface area (Å²) in [5, 5.41) is 13.8. The number of anilines is 1.